The molecule has 0 aromatic carbocycles. The molecule has 9 unspecified atom stereocenters. The Morgan fingerprint density at radius 3 is 2.68 bits per heavy atom. The molecular formula is C31H47N3O4. The van der Waals surface area contributed by atoms with Crippen molar-refractivity contribution in [2.45, 2.75) is 114 Å². The van der Waals surface area contributed by atoms with Gasteiger partial charge in [-0.2, -0.15) is 0 Å². The highest BCUT2D eigenvalue weighted by Crippen LogP contribution is 2.70. The van der Waals surface area contributed by atoms with Gasteiger partial charge < -0.3 is 25.5 Å². The molecular weight excluding hydrogens is 478 g/mol. The average molecular weight is 526 g/mol. The molecule has 1 aromatic rings. The minimum atomic E-state index is -0.674. The number of urea groups is 1. The van der Waals surface area contributed by atoms with E-state index in [9.17, 15) is 14.7 Å². The van der Waals surface area contributed by atoms with Gasteiger partial charge >= 0.3 is 11.7 Å². The Bertz CT molecular complexity index is 1060. The van der Waals surface area contributed by atoms with Gasteiger partial charge in [0.25, 0.3) is 0 Å². The first-order valence-electron chi connectivity index (χ1n) is 15.3. The monoisotopic (exact) mass is 525 g/mol. The van der Waals surface area contributed by atoms with Crippen LogP contribution in [0.3, 0.4) is 0 Å². The molecule has 210 valence electrons. The van der Waals surface area contributed by atoms with Crippen molar-refractivity contribution in [2.75, 3.05) is 13.1 Å². The number of hydrogen-bond acceptors (Lipinski definition) is 5. The molecule has 4 aliphatic carbocycles. The van der Waals surface area contributed by atoms with Crippen molar-refractivity contribution in [2.24, 2.45) is 28.6 Å². The average Bonchev–Trinajstić information content (AvgIpc) is 3.20. The smallest absolute Gasteiger partial charge is 0.335 e. The summed E-state index contributed by atoms with van der Waals surface area (Å²) in [6.45, 7) is 6.54. The van der Waals surface area contributed by atoms with Gasteiger partial charge in [-0.05, 0) is 118 Å². The lowest BCUT2D eigenvalue weighted by molar-refractivity contribution is -0.201. The van der Waals surface area contributed by atoms with Gasteiger partial charge in [0.05, 0.1) is 11.9 Å². The topological polar surface area (TPSA) is 104 Å². The number of hydrogen-bond donors (Lipinski definition) is 4. The highest BCUT2D eigenvalue weighted by molar-refractivity contribution is 5.74. The Kier molecular flexibility index (Phi) is 6.91. The van der Waals surface area contributed by atoms with Crippen LogP contribution in [0, 0.1) is 28.6 Å². The van der Waals surface area contributed by atoms with Crippen molar-refractivity contribution in [3.63, 3.8) is 0 Å². The van der Waals surface area contributed by atoms with Crippen LogP contribution in [0.5, 0.6) is 0 Å². The van der Waals surface area contributed by atoms with Crippen molar-refractivity contribution in [1.29, 1.82) is 0 Å². The molecule has 1 saturated heterocycles. The molecule has 2 heterocycles. The van der Waals surface area contributed by atoms with Crippen LogP contribution < -0.4 is 21.6 Å². The number of amides is 2. The summed E-state index contributed by atoms with van der Waals surface area (Å²) >= 11 is 0. The fourth-order valence-electron chi connectivity index (χ4n) is 10.0. The number of fused-ring (bicyclic) bond motifs is 5. The predicted octanol–water partition coefficient (Wildman–Crippen LogP) is 4.69. The summed E-state index contributed by atoms with van der Waals surface area (Å²) in [5.74, 6) is 1.67. The molecule has 0 spiro atoms. The third-order valence-electron chi connectivity index (χ3n) is 12.2. The Hall–Kier alpha value is -1.86. The molecule has 6 rings (SSSR count). The van der Waals surface area contributed by atoms with E-state index < -0.39 is 5.60 Å². The van der Waals surface area contributed by atoms with E-state index in [1.165, 1.54) is 18.9 Å². The van der Waals surface area contributed by atoms with E-state index in [2.05, 4.69) is 29.8 Å². The van der Waals surface area contributed by atoms with E-state index in [4.69, 9.17) is 4.42 Å². The number of piperidine rings is 1. The second-order valence-electron chi connectivity index (χ2n) is 13.8. The molecule has 7 nitrogen and oxygen atoms in total. The summed E-state index contributed by atoms with van der Waals surface area (Å²) in [6, 6.07) is 4.06. The Morgan fingerprint density at radius 1 is 1.05 bits per heavy atom. The Morgan fingerprint density at radius 2 is 1.92 bits per heavy atom. The van der Waals surface area contributed by atoms with Crippen LogP contribution in [-0.2, 0) is 0 Å². The first kappa shape index (κ1) is 26.4. The molecule has 4 N–H and O–H groups in total. The highest BCUT2D eigenvalue weighted by Gasteiger charge is 2.67. The Labute approximate surface area is 226 Å². The van der Waals surface area contributed by atoms with E-state index in [1.54, 1.807) is 6.26 Å². The van der Waals surface area contributed by atoms with Crippen LogP contribution in [0.25, 0.3) is 0 Å². The molecule has 9 atom stereocenters. The van der Waals surface area contributed by atoms with Gasteiger partial charge in [0.15, 0.2) is 0 Å². The van der Waals surface area contributed by atoms with Crippen LogP contribution >= 0.6 is 0 Å². The van der Waals surface area contributed by atoms with E-state index >= 15 is 0 Å². The minimum absolute atomic E-state index is 0.0175. The summed E-state index contributed by atoms with van der Waals surface area (Å²) in [6.07, 6.45) is 14.6. The lowest BCUT2D eigenvalue weighted by Gasteiger charge is -2.63. The van der Waals surface area contributed by atoms with E-state index in [-0.39, 0.29) is 34.4 Å². The first-order chi connectivity index (χ1) is 18.2. The van der Waals surface area contributed by atoms with Crippen molar-refractivity contribution in [3.8, 4) is 0 Å². The van der Waals surface area contributed by atoms with Gasteiger partial charge in [-0.25, -0.2) is 9.59 Å². The first-order valence-corrected chi connectivity index (χ1v) is 15.3. The Balaban J connectivity index is 1.11. The van der Waals surface area contributed by atoms with Crippen LogP contribution in [0.15, 0.2) is 27.6 Å². The summed E-state index contributed by atoms with van der Waals surface area (Å²) in [7, 11) is 0. The zero-order chi connectivity index (χ0) is 26.5. The second-order valence-corrected chi connectivity index (χ2v) is 13.8. The van der Waals surface area contributed by atoms with E-state index in [0.717, 1.165) is 76.3 Å². The SMILES string of the molecule is CC12CCC(NC(=O)NCC3CCCCN3)CC1CCC1C2CCC2(C)C(c3ccc(=O)oc3)CCC12O. The maximum atomic E-state index is 12.7. The third-order valence-corrected chi connectivity index (χ3v) is 12.2. The molecule has 1 aromatic heterocycles. The zero-order valence-electron chi connectivity index (χ0n) is 23.3. The quantitative estimate of drug-likeness (QED) is 0.457. The molecule has 0 radical (unpaired) electrons. The normalized spacial score (nSPS) is 44.4. The van der Waals surface area contributed by atoms with Gasteiger partial charge in [-0.15, -0.1) is 0 Å². The minimum Gasteiger partial charge on any atom is -0.431 e. The van der Waals surface area contributed by atoms with Crippen molar-refractivity contribution in [1.82, 2.24) is 16.0 Å². The molecule has 7 heteroatoms. The summed E-state index contributed by atoms with van der Waals surface area (Å²) in [5, 5.41) is 22.3. The number of carbonyl (C=O) groups excluding carboxylic acids is 1. The molecule has 5 fully saturated rings. The summed E-state index contributed by atoms with van der Waals surface area (Å²) in [4.78, 5) is 24.2. The summed E-state index contributed by atoms with van der Waals surface area (Å²) in [5.41, 5.74) is 0.100. The third kappa shape index (κ3) is 4.32. The van der Waals surface area contributed by atoms with Gasteiger partial charge in [0.2, 0.25) is 0 Å². The van der Waals surface area contributed by atoms with Crippen molar-refractivity contribution < 1.29 is 14.3 Å². The maximum Gasteiger partial charge on any atom is 0.335 e. The van der Waals surface area contributed by atoms with Crippen LogP contribution in [0.4, 0.5) is 4.79 Å². The van der Waals surface area contributed by atoms with Gasteiger partial charge in [-0.3, -0.25) is 0 Å². The number of nitrogens with one attached hydrogen (secondary N) is 3. The number of rotatable bonds is 4. The second kappa shape index (κ2) is 9.96. The standard InChI is InChI=1S/C31H47N3O4/c1-29-13-10-22(34-28(36)33-18-23-5-3-4-16-32-23)17-21(29)7-8-26-25(29)11-14-30(2)24(12-15-31(26,30)37)20-6-9-27(35)38-19-20/h6,9,19,21-26,32,37H,3-5,7-8,10-18H2,1-2H3,(H2,33,34,36). The van der Waals surface area contributed by atoms with E-state index in [0.29, 0.717) is 30.3 Å². The lowest BCUT2D eigenvalue weighted by Crippen LogP contribution is -2.62. The predicted molar refractivity (Wildman–Crippen MR) is 147 cm³/mol. The number of carbonyl (C=O) groups is 1. The van der Waals surface area contributed by atoms with Crippen molar-refractivity contribution >= 4 is 6.03 Å². The zero-order valence-corrected chi connectivity index (χ0v) is 23.3. The molecule has 4 saturated carbocycles. The van der Waals surface area contributed by atoms with Gasteiger partial charge in [0, 0.05) is 30.1 Å². The lowest BCUT2D eigenvalue weighted by atomic mass is 9.43. The molecule has 0 bridgehead atoms. The fourth-order valence-corrected chi connectivity index (χ4v) is 10.0. The summed E-state index contributed by atoms with van der Waals surface area (Å²) < 4.78 is 5.23. The van der Waals surface area contributed by atoms with Crippen molar-refractivity contribution in [3.05, 3.63) is 34.4 Å². The van der Waals surface area contributed by atoms with Gasteiger partial charge in [-0.1, -0.05) is 20.3 Å². The number of aliphatic hydroxyl groups is 1. The highest BCUT2D eigenvalue weighted by atomic mass is 16.4. The van der Waals surface area contributed by atoms with Crippen LogP contribution in [0.1, 0.15) is 102 Å². The maximum absolute atomic E-state index is 12.7. The van der Waals surface area contributed by atoms with Gasteiger partial charge in [0.1, 0.15) is 0 Å². The van der Waals surface area contributed by atoms with Crippen LogP contribution in [0.2, 0.25) is 0 Å². The fraction of sp³-hybridized carbons (Fsp3) is 0.806. The molecule has 38 heavy (non-hydrogen) atoms. The molecule has 2 amide bonds. The largest absolute Gasteiger partial charge is 0.431 e. The molecule has 5 aliphatic rings. The van der Waals surface area contributed by atoms with E-state index in [1.807, 2.05) is 6.07 Å². The van der Waals surface area contributed by atoms with Crippen LogP contribution in [-0.4, -0.2) is 41.9 Å². The molecule has 1 aliphatic heterocycles.